The third kappa shape index (κ3) is 21.8. The van der Waals surface area contributed by atoms with E-state index in [1.807, 2.05) is 12.2 Å². The number of hydrogen-bond acceptors (Lipinski definition) is 18. The first-order valence-corrected chi connectivity index (χ1v) is 43.7. The molecule has 108 heavy (non-hydrogen) atoms. The topological polar surface area (TPSA) is 158 Å². The predicted octanol–water partition coefficient (Wildman–Crippen LogP) is 22.0. The Kier molecular flexibility index (Phi) is 28.6. The van der Waals surface area contributed by atoms with Gasteiger partial charge in [-0.05, 0) is 266 Å². The largest absolute Gasteiger partial charge is 0.466 e. The summed E-state index contributed by atoms with van der Waals surface area (Å²) in [4.78, 5) is 81.1. The van der Waals surface area contributed by atoms with Crippen LogP contribution in [0, 0.1) is 107 Å². The van der Waals surface area contributed by atoms with Crippen LogP contribution in [0.25, 0.3) is 39.0 Å². The van der Waals surface area contributed by atoms with Gasteiger partial charge in [-0.2, -0.15) is 0 Å². The lowest BCUT2D eigenvalue weighted by molar-refractivity contribution is -0.145. The van der Waals surface area contributed by atoms with Gasteiger partial charge < -0.3 is 28.4 Å². The van der Waals surface area contributed by atoms with Crippen molar-refractivity contribution in [3.63, 3.8) is 0 Å². The molecule has 6 saturated carbocycles. The SMILES string of the molecule is C=C(C)C(=O)OCC1CC2C=CC1C2.C=CC1CC(/C=C/C2CC(/C=C/C3CC(C=C)C(COC(=O)C(=C)C)C3)C(COC(C)=O)C2)C(COC(=O)Cc2cc(-c3cccs3)sc2-c2cccs2)C1.CC(=O)OCC1CC2C=CC1C2.O=C(Cc1cc(-c2cccs2)sc1-c1cccs1)OCC1CC2C=CC1C2. The second-order valence-electron chi connectivity index (χ2n) is 31.2. The van der Waals surface area contributed by atoms with Crippen molar-refractivity contribution in [2.75, 3.05) is 39.6 Å². The smallest absolute Gasteiger partial charge is 0.333 e. The Morgan fingerprint density at radius 1 is 0.380 bits per heavy atom. The quantitative estimate of drug-likeness (QED) is 0.0198. The molecule has 0 amide bonds. The minimum absolute atomic E-state index is 0.102. The maximum Gasteiger partial charge on any atom is 0.333 e. The predicted molar refractivity (Wildman–Crippen MR) is 440 cm³/mol. The molecular weight excluding hydrogens is 1470 g/mol. The van der Waals surface area contributed by atoms with Gasteiger partial charge in [-0.1, -0.05) is 110 Å². The fourth-order valence-electron chi connectivity index (χ4n) is 17.6. The van der Waals surface area contributed by atoms with Crippen LogP contribution in [-0.2, 0) is 70.0 Å². The lowest BCUT2D eigenvalue weighted by Gasteiger charge is -2.17. The van der Waals surface area contributed by atoms with Crippen molar-refractivity contribution < 1.29 is 57.2 Å². The van der Waals surface area contributed by atoms with Crippen LogP contribution in [0.5, 0.6) is 0 Å². The van der Waals surface area contributed by atoms with E-state index in [1.54, 1.807) is 81.9 Å². The first-order valence-electron chi connectivity index (χ1n) is 38.6. The van der Waals surface area contributed by atoms with Gasteiger partial charge in [0.05, 0.1) is 52.5 Å². The second-order valence-corrected chi connectivity index (χ2v) is 37.1. The van der Waals surface area contributed by atoms with Crippen LogP contribution in [0.3, 0.4) is 0 Å². The monoisotopic (exact) mass is 1570 g/mol. The molecule has 0 aromatic carbocycles. The van der Waals surface area contributed by atoms with Crippen molar-refractivity contribution in [1.29, 1.82) is 0 Å². The summed E-state index contributed by atoms with van der Waals surface area (Å²) < 4.78 is 33.0. The van der Waals surface area contributed by atoms with Crippen molar-refractivity contribution in [1.82, 2.24) is 0 Å². The highest BCUT2D eigenvalue weighted by molar-refractivity contribution is 7.26. The van der Waals surface area contributed by atoms with E-state index in [0.717, 1.165) is 72.3 Å². The van der Waals surface area contributed by atoms with E-state index < -0.39 is 0 Å². The summed E-state index contributed by atoms with van der Waals surface area (Å²) in [5.41, 5.74) is 3.02. The zero-order valence-corrected chi connectivity index (χ0v) is 67.6. The molecule has 6 heterocycles. The Balaban J connectivity index is 0.000000166. The Morgan fingerprint density at radius 3 is 1.09 bits per heavy atom. The molecule has 0 radical (unpaired) electrons. The number of allylic oxidation sites excluding steroid dienone is 12. The first kappa shape index (κ1) is 80.2. The Bertz CT molecular complexity index is 4210. The molecule has 572 valence electrons. The molecule has 0 spiro atoms. The lowest BCUT2D eigenvalue weighted by Crippen LogP contribution is -2.18. The number of rotatable bonds is 28. The molecule has 18 unspecified atom stereocenters. The van der Waals surface area contributed by atoms with Crippen molar-refractivity contribution in [2.24, 2.45) is 107 Å². The van der Waals surface area contributed by atoms with E-state index in [2.05, 4.69) is 169 Å². The Labute approximate surface area is 662 Å². The van der Waals surface area contributed by atoms with E-state index in [-0.39, 0.29) is 60.0 Å². The molecule has 18 atom stereocenters. The number of carbonyl (C=O) groups is 6. The summed E-state index contributed by atoms with van der Waals surface area (Å²) in [6, 6.07) is 21.1. The molecule has 6 aromatic rings. The van der Waals surface area contributed by atoms with Crippen LogP contribution in [-0.4, -0.2) is 75.5 Å². The molecule has 15 rings (SSSR count). The van der Waals surface area contributed by atoms with Gasteiger partial charge in [0, 0.05) is 64.0 Å². The normalized spacial score (nSPS) is 28.4. The molecule has 18 heteroatoms. The second kappa shape index (κ2) is 38.5. The zero-order valence-electron chi connectivity index (χ0n) is 62.7. The van der Waals surface area contributed by atoms with Crippen molar-refractivity contribution in [3.8, 4) is 39.0 Å². The average molecular weight is 1570 g/mol. The van der Waals surface area contributed by atoms with E-state index in [9.17, 15) is 28.8 Å². The van der Waals surface area contributed by atoms with Crippen molar-refractivity contribution >= 4 is 104 Å². The van der Waals surface area contributed by atoms with Gasteiger partial charge in [-0.3, -0.25) is 19.2 Å². The fraction of sp³-hybridized carbons (Fsp3) is 0.467. The molecular formula is C90H104O12S6. The summed E-state index contributed by atoms with van der Waals surface area (Å²) in [7, 11) is 0. The number of hydrogen-bond donors (Lipinski definition) is 0. The van der Waals surface area contributed by atoms with Gasteiger partial charge in [0.15, 0.2) is 0 Å². The van der Waals surface area contributed by atoms with E-state index in [1.165, 1.54) is 86.5 Å². The molecule has 0 N–H and O–H groups in total. The number of carbonyl (C=O) groups excluding carboxylic acids is 6. The third-order valence-corrected chi connectivity index (χ3v) is 29.9. The van der Waals surface area contributed by atoms with Crippen molar-refractivity contribution in [3.05, 3.63) is 204 Å². The van der Waals surface area contributed by atoms with Crippen LogP contribution in [0.4, 0.5) is 0 Å². The highest BCUT2D eigenvalue weighted by atomic mass is 32.1. The first-order chi connectivity index (χ1) is 52.3. The van der Waals surface area contributed by atoms with Crippen LogP contribution in [0.2, 0.25) is 0 Å². The molecule has 0 saturated heterocycles. The Morgan fingerprint density at radius 2 is 0.731 bits per heavy atom. The van der Waals surface area contributed by atoms with Gasteiger partial charge in [0.25, 0.3) is 0 Å². The highest BCUT2D eigenvalue weighted by Crippen LogP contribution is 2.49. The standard InChI is InChI=1S/C46H54O6S3.C22H20O2S3.C12H16O2.C10H14O2/c1-6-31-18-35(39(19-31)27-51-44(48)25-37-24-43(41-10-8-16-53-41)55-45(37)42-11-9-17-54-42)14-13-33-21-36(40(23-33)26-50-30(5)47)15-12-32-20-34(7-2)38(22-32)28-52-46(49)29(3)4;23-21(24-13-17-10-14-5-6-15(17)9-14)12-16-11-20(18-3-1-7-25-18)27-22(16)19-4-2-8-26-19;1-8(2)12(13)14-7-11-6-9-3-4-10(11)5-9;1-7(11)12-6-10-5-8-2-3-9(10)4-8/h6-17,24,31-36,38-40H,1-3,18-23,25-28H2,4-5H3;1-8,11,14-15,17H,9-10,12-13H2;3-4,9-11H,1,5-7H2,2H3;2-3,8-10H,4-6H2,1H3/b14-13+,15-12+;;;. The summed E-state index contributed by atoms with van der Waals surface area (Å²) >= 11 is 10.4. The van der Waals surface area contributed by atoms with Gasteiger partial charge in [-0.15, -0.1) is 81.2 Å². The van der Waals surface area contributed by atoms with Crippen LogP contribution in [0.1, 0.15) is 116 Å². The van der Waals surface area contributed by atoms with Gasteiger partial charge in [-0.25, -0.2) is 9.59 Å². The molecule has 6 bridgehead atoms. The molecule has 9 aliphatic rings. The number of fused-ring (bicyclic) bond motifs is 6. The van der Waals surface area contributed by atoms with Gasteiger partial charge >= 0.3 is 35.8 Å². The number of esters is 6. The minimum Gasteiger partial charge on any atom is -0.466 e. The fourth-order valence-corrected chi connectivity index (χ4v) is 23.4. The Hall–Kier alpha value is -7.32. The summed E-state index contributed by atoms with van der Waals surface area (Å²) in [5, 5.41) is 8.34. The van der Waals surface area contributed by atoms with Crippen LogP contribution < -0.4 is 0 Å². The highest BCUT2D eigenvalue weighted by Gasteiger charge is 2.41. The van der Waals surface area contributed by atoms with E-state index in [4.69, 9.17) is 28.4 Å². The van der Waals surface area contributed by atoms with Crippen molar-refractivity contribution in [2.45, 2.75) is 118 Å². The third-order valence-electron chi connectivity index (χ3n) is 23.3. The van der Waals surface area contributed by atoms with E-state index in [0.29, 0.717) is 128 Å². The van der Waals surface area contributed by atoms with Crippen LogP contribution >= 0.6 is 68.0 Å². The molecule has 9 aliphatic carbocycles. The number of thiophene rings is 6. The minimum atomic E-state index is -0.341. The summed E-state index contributed by atoms with van der Waals surface area (Å²) in [6.45, 7) is 24.7. The maximum atomic E-state index is 13.4. The van der Waals surface area contributed by atoms with Gasteiger partial charge in [0.2, 0.25) is 0 Å². The maximum absolute atomic E-state index is 13.4. The number of ether oxygens (including phenoxy) is 6. The molecule has 12 nitrogen and oxygen atoms in total. The van der Waals surface area contributed by atoms with Gasteiger partial charge in [0.1, 0.15) is 0 Å². The van der Waals surface area contributed by atoms with Crippen LogP contribution in [0.15, 0.2) is 193 Å². The summed E-state index contributed by atoms with van der Waals surface area (Å²) in [6.07, 6.45) is 41.1. The molecule has 0 aliphatic heterocycles. The van der Waals surface area contributed by atoms with E-state index >= 15 is 0 Å². The zero-order chi connectivity index (χ0) is 75.8. The lowest BCUT2D eigenvalue weighted by atomic mass is 9.93. The average Bonchev–Trinajstić information content (AvgIpc) is 1.67. The molecule has 6 fully saturated rings. The summed E-state index contributed by atoms with van der Waals surface area (Å²) in [5.74, 6) is 7.35. The molecule has 6 aromatic heterocycles.